The molecule has 1 aromatic heterocycles. The molecule has 0 spiro atoms. The van der Waals surface area contributed by atoms with Gasteiger partial charge in [0.2, 0.25) is 15.9 Å². The van der Waals surface area contributed by atoms with Crippen LogP contribution in [0.2, 0.25) is 0 Å². The van der Waals surface area contributed by atoms with E-state index in [0.29, 0.717) is 18.6 Å². The van der Waals surface area contributed by atoms with Gasteiger partial charge in [-0.15, -0.1) is 23.1 Å². The molecule has 3 aliphatic rings. The fourth-order valence-electron chi connectivity index (χ4n) is 5.54. The average Bonchev–Trinajstić information content (AvgIpc) is 3.70. The van der Waals surface area contributed by atoms with E-state index in [2.05, 4.69) is 0 Å². The molecule has 3 aromatic rings. The summed E-state index contributed by atoms with van der Waals surface area (Å²) >= 11 is 3.15. The topological polar surface area (TPSA) is 104 Å². The highest BCUT2D eigenvalue weighted by molar-refractivity contribution is 8.00. The first kappa shape index (κ1) is 26.3. The van der Waals surface area contributed by atoms with E-state index in [0.717, 1.165) is 15.6 Å². The lowest BCUT2D eigenvalue weighted by Gasteiger charge is -2.34. The van der Waals surface area contributed by atoms with Crippen molar-refractivity contribution in [2.75, 3.05) is 38.5 Å². The molecule has 204 valence electrons. The highest BCUT2D eigenvalue weighted by atomic mass is 32.2. The fraction of sp³-hybridized carbons (Fsp3) is 0.370. The zero-order chi connectivity index (χ0) is 27.2. The van der Waals surface area contributed by atoms with Gasteiger partial charge in [0.05, 0.1) is 4.90 Å². The Balaban J connectivity index is 1.05. The quantitative estimate of drug-likeness (QED) is 0.410. The summed E-state index contributed by atoms with van der Waals surface area (Å²) in [6, 6.07) is 15.8. The van der Waals surface area contributed by atoms with Crippen LogP contribution in [-0.4, -0.2) is 84.9 Å². The van der Waals surface area contributed by atoms with Gasteiger partial charge in [-0.05, 0) is 40.8 Å². The van der Waals surface area contributed by atoms with Gasteiger partial charge in [0.25, 0.3) is 5.91 Å². The summed E-state index contributed by atoms with van der Waals surface area (Å²) in [6.07, 6.45) is 1.02. The summed E-state index contributed by atoms with van der Waals surface area (Å²) in [4.78, 5) is 42.4. The Morgan fingerprint density at radius 3 is 2.51 bits per heavy atom. The molecule has 12 heteroatoms. The van der Waals surface area contributed by atoms with Crippen molar-refractivity contribution in [3.63, 3.8) is 0 Å². The van der Waals surface area contributed by atoms with Crippen molar-refractivity contribution in [3.8, 4) is 0 Å². The molecule has 3 fully saturated rings. The van der Waals surface area contributed by atoms with Crippen LogP contribution in [-0.2, 0) is 34.0 Å². The fourth-order valence-corrected chi connectivity index (χ4v) is 9.71. The lowest BCUT2D eigenvalue weighted by atomic mass is 10.1. The summed E-state index contributed by atoms with van der Waals surface area (Å²) in [6.45, 7) is 0.272. The molecule has 0 N–H and O–H groups in total. The normalized spacial score (nSPS) is 23.8. The van der Waals surface area contributed by atoms with Gasteiger partial charge in [-0.25, -0.2) is 13.2 Å². The predicted molar refractivity (Wildman–Crippen MR) is 149 cm³/mol. The molecule has 9 nitrogen and oxygen atoms in total. The number of hydrogen-bond acceptors (Lipinski definition) is 8. The number of ether oxygens (including phenoxy) is 1. The Bertz CT molecular complexity index is 1540. The number of esters is 1. The molecule has 0 radical (unpaired) electrons. The molecule has 3 aliphatic heterocycles. The summed E-state index contributed by atoms with van der Waals surface area (Å²) in [5.74, 6) is -0.622. The van der Waals surface area contributed by atoms with E-state index in [9.17, 15) is 22.8 Å². The van der Waals surface area contributed by atoms with E-state index in [4.69, 9.17) is 4.74 Å². The molecular formula is C27H27N3O6S3. The van der Waals surface area contributed by atoms with Gasteiger partial charge in [0, 0.05) is 43.2 Å². The van der Waals surface area contributed by atoms with Crippen LogP contribution in [0, 0.1) is 0 Å². The molecule has 0 aliphatic carbocycles. The van der Waals surface area contributed by atoms with Crippen molar-refractivity contribution in [2.24, 2.45) is 0 Å². The third-order valence-corrected chi connectivity index (χ3v) is 12.2. The molecule has 6 rings (SSSR count). The number of amides is 2. The number of thioether (sulfide) groups is 1. The van der Waals surface area contributed by atoms with Crippen LogP contribution in [0.25, 0.3) is 10.8 Å². The minimum absolute atomic E-state index is 0.0783. The second-order valence-electron chi connectivity index (χ2n) is 9.75. The van der Waals surface area contributed by atoms with E-state index < -0.39 is 33.5 Å². The Morgan fingerprint density at radius 2 is 1.77 bits per heavy atom. The molecule has 39 heavy (non-hydrogen) atoms. The van der Waals surface area contributed by atoms with Gasteiger partial charge >= 0.3 is 5.97 Å². The van der Waals surface area contributed by atoms with Crippen LogP contribution >= 0.6 is 23.1 Å². The summed E-state index contributed by atoms with van der Waals surface area (Å²) in [5.41, 5.74) is 0. The molecule has 2 amide bonds. The van der Waals surface area contributed by atoms with E-state index in [1.165, 1.54) is 9.21 Å². The van der Waals surface area contributed by atoms with E-state index in [1.807, 2.05) is 41.8 Å². The molecule has 0 bridgehead atoms. The van der Waals surface area contributed by atoms with Crippen LogP contribution < -0.4 is 0 Å². The monoisotopic (exact) mass is 585 g/mol. The Labute approximate surface area is 234 Å². The Morgan fingerprint density at radius 1 is 1.00 bits per heavy atom. The predicted octanol–water partition coefficient (Wildman–Crippen LogP) is 2.87. The lowest BCUT2D eigenvalue weighted by molar-refractivity contribution is -0.158. The Kier molecular flexibility index (Phi) is 6.90. The number of sulfonamides is 1. The van der Waals surface area contributed by atoms with Crippen LogP contribution in [0.3, 0.4) is 0 Å². The van der Waals surface area contributed by atoms with E-state index >= 15 is 0 Å². The number of hydrogen-bond donors (Lipinski definition) is 0. The molecule has 0 unspecified atom stereocenters. The molecule has 4 heterocycles. The van der Waals surface area contributed by atoms with Crippen molar-refractivity contribution < 1.29 is 27.5 Å². The first-order valence-electron chi connectivity index (χ1n) is 12.7. The highest BCUT2D eigenvalue weighted by Gasteiger charge is 2.57. The van der Waals surface area contributed by atoms with Crippen molar-refractivity contribution >= 4 is 61.7 Å². The molecule has 2 aromatic carbocycles. The van der Waals surface area contributed by atoms with Crippen molar-refractivity contribution in [1.29, 1.82) is 0 Å². The molecule has 0 saturated carbocycles. The maximum atomic E-state index is 13.2. The van der Waals surface area contributed by atoms with Crippen LogP contribution in [0.4, 0.5) is 0 Å². The van der Waals surface area contributed by atoms with E-state index in [-0.39, 0.29) is 42.9 Å². The van der Waals surface area contributed by atoms with Crippen LogP contribution in [0.1, 0.15) is 17.7 Å². The van der Waals surface area contributed by atoms with Gasteiger partial charge in [0.1, 0.15) is 10.9 Å². The third kappa shape index (κ3) is 4.62. The summed E-state index contributed by atoms with van der Waals surface area (Å²) < 4.78 is 33.2. The first-order chi connectivity index (χ1) is 18.8. The summed E-state index contributed by atoms with van der Waals surface area (Å²) in [5, 5.41) is 3.77. The van der Waals surface area contributed by atoms with Gasteiger partial charge in [-0.3, -0.25) is 9.59 Å². The standard InChI is InChI=1S/C27H27N3O6S3/c31-24-9-10-27(23-6-3-15-37-23)30(24)22(18-38-27)26(33)36-17-25(32)28-11-13-29(14-12-28)39(34,35)21-8-7-19-4-1-2-5-20(19)16-21/h1-8,15-16,22H,9-14,17-18H2/t22-,27-/m1/s1. The minimum Gasteiger partial charge on any atom is -0.454 e. The van der Waals surface area contributed by atoms with Crippen molar-refractivity contribution in [2.45, 2.75) is 28.6 Å². The summed E-state index contributed by atoms with van der Waals surface area (Å²) in [7, 11) is -3.71. The zero-order valence-corrected chi connectivity index (χ0v) is 23.5. The molecule has 2 atom stereocenters. The maximum Gasteiger partial charge on any atom is 0.330 e. The number of carbonyl (C=O) groups excluding carboxylic acids is 3. The minimum atomic E-state index is -3.71. The van der Waals surface area contributed by atoms with Crippen molar-refractivity contribution in [3.05, 3.63) is 64.9 Å². The second kappa shape index (κ2) is 10.2. The van der Waals surface area contributed by atoms with Gasteiger partial charge in [-0.1, -0.05) is 36.4 Å². The molecule has 3 saturated heterocycles. The number of thiophene rings is 1. The number of piperazine rings is 1. The van der Waals surface area contributed by atoms with Gasteiger partial charge < -0.3 is 14.5 Å². The second-order valence-corrected chi connectivity index (χ2v) is 13.9. The SMILES string of the molecule is O=C(OCC(=O)N1CCN(S(=O)(=O)c2ccc3ccccc3c2)CC1)[C@H]1CS[C@@]2(c3cccs3)CCC(=O)N12. The van der Waals surface area contributed by atoms with Crippen LogP contribution in [0.15, 0.2) is 64.9 Å². The highest BCUT2D eigenvalue weighted by Crippen LogP contribution is 2.55. The number of carbonyl (C=O) groups is 3. The van der Waals surface area contributed by atoms with Gasteiger partial charge in [-0.2, -0.15) is 4.31 Å². The Hall–Kier alpha value is -2.93. The average molecular weight is 586 g/mol. The van der Waals surface area contributed by atoms with E-state index in [1.54, 1.807) is 46.2 Å². The number of fused-ring (bicyclic) bond motifs is 2. The van der Waals surface area contributed by atoms with Gasteiger partial charge in [0.15, 0.2) is 6.61 Å². The number of rotatable bonds is 6. The first-order valence-corrected chi connectivity index (χ1v) is 16.0. The largest absolute Gasteiger partial charge is 0.454 e. The molecular weight excluding hydrogens is 559 g/mol. The van der Waals surface area contributed by atoms with Crippen LogP contribution in [0.5, 0.6) is 0 Å². The lowest BCUT2D eigenvalue weighted by Crippen LogP contribution is -2.52. The van der Waals surface area contributed by atoms with Crippen molar-refractivity contribution in [1.82, 2.24) is 14.1 Å². The maximum absolute atomic E-state index is 13.2. The third-order valence-electron chi connectivity index (χ3n) is 7.59. The smallest absolute Gasteiger partial charge is 0.330 e. The zero-order valence-electron chi connectivity index (χ0n) is 21.0. The number of nitrogens with zero attached hydrogens (tertiary/aromatic N) is 3. The number of benzene rings is 2.